The van der Waals surface area contributed by atoms with Gasteiger partial charge >= 0.3 is 0 Å². The summed E-state index contributed by atoms with van der Waals surface area (Å²) in [7, 11) is 0. The molecule has 0 aromatic heterocycles. The zero-order chi connectivity index (χ0) is 12.9. The predicted molar refractivity (Wildman–Crippen MR) is 66.9 cm³/mol. The molecule has 3 rings (SSSR count). The average Bonchev–Trinajstić information content (AvgIpc) is 2.88. The highest BCUT2D eigenvalue weighted by atomic mass is 79.9. The van der Waals surface area contributed by atoms with Crippen molar-refractivity contribution in [2.45, 2.75) is 30.5 Å². The molecule has 0 spiro atoms. The molecule has 2 bridgehead atoms. The molecule has 2 saturated carbocycles. The normalized spacial score (nSPS) is 31.9. The monoisotopic (exact) mass is 318 g/mol. The lowest BCUT2D eigenvalue weighted by atomic mass is 9.84. The number of rotatable bonds is 2. The topological polar surface area (TPSA) is 0 Å². The van der Waals surface area contributed by atoms with Gasteiger partial charge in [-0.1, -0.05) is 22.4 Å². The molecule has 0 heterocycles. The summed E-state index contributed by atoms with van der Waals surface area (Å²) in [5.41, 5.74) is -0.00560. The van der Waals surface area contributed by atoms with Crippen LogP contribution in [-0.4, -0.2) is 0 Å². The van der Waals surface area contributed by atoms with Crippen molar-refractivity contribution >= 4 is 15.9 Å². The van der Waals surface area contributed by atoms with Gasteiger partial charge in [0.15, 0.2) is 0 Å². The molecule has 98 valence electrons. The van der Waals surface area contributed by atoms with Crippen molar-refractivity contribution in [3.8, 4) is 0 Å². The van der Waals surface area contributed by atoms with Gasteiger partial charge in [-0.25, -0.2) is 13.2 Å². The fraction of sp³-hybridized carbons (Fsp3) is 0.571. The third kappa shape index (κ3) is 1.98. The molecule has 0 radical (unpaired) electrons. The molecule has 1 aromatic rings. The second-order valence-electron chi connectivity index (χ2n) is 5.52. The van der Waals surface area contributed by atoms with Crippen LogP contribution in [0.3, 0.4) is 0 Å². The van der Waals surface area contributed by atoms with Crippen molar-refractivity contribution in [1.29, 1.82) is 0 Å². The Balaban J connectivity index is 1.91. The van der Waals surface area contributed by atoms with Crippen LogP contribution < -0.4 is 0 Å². The summed E-state index contributed by atoms with van der Waals surface area (Å²) in [5.74, 6) is -0.872. The summed E-state index contributed by atoms with van der Waals surface area (Å²) in [4.78, 5) is -0.339. The molecular weight excluding hydrogens is 305 g/mol. The third-order valence-corrected chi connectivity index (χ3v) is 5.63. The van der Waals surface area contributed by atoms with Gasteiger partial charge in [-0.3, -0.25) is 0 Å². The summed E-state index contributed by atoms with van der Waals surface area (Å²) in [5, 5.41) is 0. The summed E-state index contributed by atoms with van der Waals surface area (Å²) in [6, 6.07) is 1.53. The third-order valence-electron chi connectivity index (χ3n) is 4.49. The highest BCUT2D eigenvalue weighted by molar-refractivity contribution is 9.09. The predicted octanol–water partition coefficient (Wildman–Crippen LogP) is 4.98. The first-order valence-corrected chi connectivity index (χ1v) is 7.26. The molecule has 0 amide bonds. The Kier molecular flexibility index (Phi) is 3.16. The van der Waals surface area contributed by atoms with E-state index in [1.165, 1.54) is 12.8 Å². The van der Waals surface area contributed by atoms with E-state index in [9.17, 15) is 13.2 Å². The van der Waals surface area contributed by atoms with Crippen molar-refractivity contribution < 1.29 is 13.2 Å². The molecule has 0 saturated heterocycles. The number of hydrogen-bond donors (Lipinski definition) is 0. The van der Waals surface area contributed by atoms with Crippen LogP contribution in [-0.2, 0) is 0 Å². The minimum Gasteiger partial charge on any atom is -0.207 e. The number of halogens is 4. The summed E-state index contributed by atoms with van der Waals surface area (Å²) in [6.07, 6.45) is 4.60. The van der Waals surface area contributed by atoms with Crippen LogP contribution in [0.5, 0.6) is 0 Å². The molecular formula is C14H14BrF3. The molecule has 4 unspecified atom stereocenters. The Morgan fingerprint density at radius 1 is 1.06 bits per heavy atom. The van der Waals surface area contributed by atoms with Crippen molar-refractivity contribution in [1.82, 2.24) is 0 Å². The maximum atomic E-state index is 13.7. The fourth-order valence-electron chi connectivity index (χ4n) is 3.68. The van der Waals surface area contributed by atoms with Gasteiger partial charge in [0.2, 0.25) is 0 Å². The number of fused-ring (bicyclic) bond motifs is 2. The number of alkyl halides is 1. The molecule has 2 aliphatic rings. The fourth-order valence-corrected chi connectivity index (χ4v) is 4.77. The number of benzene rings is 1. The zero-order valence-electron chi connectivity index (χ0n) is 9.80. The second kappa shape index (κ2) is 4.55. The lowest BCUT2D eigenvalue weighted by Crippen LogP contribution is -2.17. The Labute approximate surface area is 113 Å². The average molecular weight is 319 g/mol. The molecule has 2 fully saturated rings. The molecule has 2 aliphatic carbocycles. The molecule has 0 N–H and O–H groups in total. The van der Waals surface area contributed by atoms with Gasteiger partial charge in [-0.15, -0.1) is 0 Å². The first-order chi connectivity index (χ1) is 8.56. The first kappa shape index (κ1) is 12.5. The van der Waals surface area contributed by atoms with Gasteiger partial charge in [-0.05, 0) is 37.0 Å². The molecule has 0 nitrogen and oxygen atoms in total. The Bertz CT molecular complexity index is 451. The number of hydrogen-bond acceptors (Lipinski definition) is 0. The maximum Gasteiger partial charge on any atom is 0.133 e. The summed E-state index contributed by atoms with van der Waals surface area (Å²) in [6.45, 7) is 0. The molecule has 4 atom stereocenters. The highest BCUT2D eigenvalue weighted by Gasteiger charge is 2.43. The van der Waals surface area contributed by atoms with Crippen molar-refractivity contribution in [3.05, 3.63) is 35.1 Å². The van der Waals surface area contributed by atoms with E-state index in [1.807, 2.05) is 0 Å². The van der Waals surface area contributed by atoms with Crippen LogP contribution in [0.15, 0.2) is 12.1 Å². The second-order valence-corrected chi connectivity index (χ2v) is 6.51. The molecule has 0 aliphatic heterocycles. The molecule has 4 heteroatoms. The molecule has 18 heavy (non-hydrogen) atoms. The van der Waals surface area contributed by atoms with Crippen molar-refractivity contribution in [3.63, 3.8) is 0 Å². The first-order valence-electron chi connectivity index (χ1n) is 6.34. The Hall–Kier alpha value is -0.510. The van der Waals surface area contributed by atoms with Gasteiger partial charge in [0, 0.05) is 22.5 Å². The van der Waals surface area contributed by atoms with Crippen LogP contribution in [0.4, 0.5) is 13.2 Å². The highest BCUT2D eigenvalue weighted by Crippen LogP contribution is 2.55. The van der Waals surface area contributed by atoms with Gasteiger partial charge in [0.25, 0.3) is 0 Å². The lowest BCUT2D eigenvalue weighted by molar-refractivity contribution is 0.321. The SMILES string of the molecule is Fc1cc(F)c(C(Br)C2CC3CCC2C3)c(F)c1. The van der Waals surface area contributed by atoms with E-state index in [1.54, 1.807) is 0 Å². The van der Waals surface area contributed by atoms with E-state index in [2.05, 4.69) is 15.9 Å². The van der Waals surface area contributed by atoms with Crippen LogP contribution in [0.25, 0.3) is 0 Å². The van der Waals surface area contributed by atoms with Crippen molar-refractivity contribution in [2.24, 2.45) is 17.8 Å². The van der Waals surface area contributed by atoms with E-state index < -0.39 is 17.5 Å². The van der Waals surface area contributed by atoms with E-state index in [4.69, 9.17) is 0 Å². The van der Waals surface area contributed by atoms with Crippen LogP contribution >= 0.6 is 15.9 Å². The smallest absolute Gasteiger partial charge is 0.133 e. The largest absolute Gasteiger partial charge is 0.207 e. The Morgan fingerprint density at radius 2 is 1.72 bits per heavy atom. The van der Waals surface area contributed by atoms with Crippen LogP contribution in [0.1, 0.15) is 36.1 Å². The maximum absolute atomic E-state index is 13.7. The van der Waals surface area contributed by atoms with Crippen LogP contribution in [0, 0.1) is 35.2 Å². The van der Waals surface area contributed by atoms with Gasteiger partial charge < -0.3 is 0 Å². The van der Waals surface area contributed by atoms with Crippen molar-refractivity contribution in [2.75, 3.05) is 0 Å². The van der Waals surface area contributed by atoms with Gasteiger partial charge in [0.1, 0.15) is 17.5 Å². The van der Waals surface area contributed by atoms with E-state index >= 15 is 0 Å². The van der Waals surface area contributed by atoms with E-state index in [0.29, 0.717) is 11.8 Å². The zero-order valence-corrected chi connectivity index (χ0v) is 11.4. The summed E-state index contributed by atoms with van der Waals surface area (Å²) < 4.78 is 40.4. The summed E-state index contributed by atoms with van der Waals surface area (Å²) >= 11 is 3.44. The minimum absolute atomic E-state index is 0.00560. The van der Waals surface area contributed by atoms with E-state index in [0.717, 1.165) is 25.0 Å². The van der Waals surface area contributed by atoms with Crippen LogP contribution in [0.2, 0.25) is 0 Å². The van der Waals surface area contributed by atoms with Gasteiger partial charge in [-0.2, -0.15) is 0 Å². The standard InChI is InChI=1S/C14H14BrF3/c15-14(10-4-7-1-2-8(10)3-7)13-11(17)5-9(16)6-12(13)18/h5-8,10,14H,1-4H2. The minimum atomic E-state index is -0.860. The Morgan fingerprint density at radius 3 is 2.22 bits per heavy atom. The lowest BCUT2D eigenvalue weighted by Gasteiger charge is -2.27. The van der Waals surface area contributed by atoms with E-state index in [-0.39, 0.29) is 16.3 Å². The molecule has 1 aromatic carbocycles. The van der Waals surface area contributed by atoms with Gasteiger partial charge in [0.05, 0.1) is 0 Å². The quantitative estimate of drug-likeness (QED) is 0.675.